The number of ether oxygens (including phenoxy) is 1. The SMILES string of the molecule is O=C(O)CC1S/C(=N/N=C/c2cccc(OC(=O)c3cccc4ccccc34)c2)NC1=O. The number of amides is 1. The first-order chi connectivity index (χ1) is 15.5. The minimum absolute atomic E-state index is 0.232. The summed E-state index contributed by atoms with van der Waals surface area (Å²) in [6, 6.07) is 19.8. The van der Waals surface area contributed by atoms with Crippen molar-refractivity contribution < 1.29 is 24.2 Å². The Labute approximate surface area is 187 Å². The summed E-state index contributed by atoms with van der Waals surface area (Å²) in [4.78, 5) is 35.2. The molecule has 8 nitrogen and oxygen atoms in total. The Hall–Kier alpha value is -3.98. The molecule has 1 amide bonds. The fraction of sp³-hybridized carbons (Fsp3) is 0.0870. The Morgan fingerprint density at radius 1 is 1.09 bits per heavy atom. The number of nitrogens with zero attached hydrogens (tertiary/aromatic N) is 2. The number of amidine groups is 1. The third kappa shape index (κ3) is 5.01. The van der Waals surface area contributed by atoms with Crippen LogP contribution in [0.5, 0.6) is 5.75 Å². The van der Waals surface area contributed by atoms with Crippen LogP contribution in [0.25, 0.3) is 10.8 Å². The summed E-state index contributed by atoms with van der Waals surface area (Å²) in [6.07, 6.45) is 1.16. The van der Waals surface area contributed by atoms with Crippen molar-refractivity contribution in [3.8, 4) is 5.75 Å². The van der Waals surface area contributed by atoms with E-state index in [0.29, 0.717) is 16.9 Å². The highest BCUT2D eigenvalue weighted by molar-refractivity contribution is 8.15. The van der Waals surface area contributed by atoms with E-state index in [4.69, 9.17) is 9.84 Å². The first-order valence-corrected chi connectivity index (χ1v) is 10.5. The average Bonchev–Trinajstić information content (AvgIpc) is 3.12. The number of nitrogens with one attached hydrogen (secondary N) is 1. The van der Waals surface area contributed by atoms with Crippen LogP contribution in [-0.2, 0) is 9.59 Å². The van der Waals surface area contributed by atoms with Crippen molar-refractivity contribution in [2.75, 3.05) is 0 Å². The van der Waals surface area contributed by atoms with Crippen LogP contribution in [0.15, 0.2) is 76.9 Å². The molecule has 1 unspecified atom stereocenters. The Kier molecular flexibility index (Phi) is 6.27. The fourth-order valence-corrected chi connectivity index (χ4v) is 4.03. The molecule has 4 rings (SSSR count). The maximum Gasteiger partial charge on any atom is 0.344 e. The van der Waals surface area contributed by atoms with Crippen molar-refractivity contribution in [3.05, 3.63) is 77.9 Å². The molecule has 1 saturated heterocycles. The smallest absolute Gasteiger partial charge is 0.344 e. The maximum atomic E-state index is 12.7. The molecule has 0 spiro atoms. The van der Waals surface area contributed by atoms with Crippen LogP contribution in [0.1, 0.15) is 22.3 Å². The van der Waals surface area contributed by atoms with E-state index in [0.717, 1.165) is 22.5 Å². The first kappa shape index (κ1) is 21.3. The molecule has 0 radical (unpaired) electrons. The second-order valence-corrected chi connectivity index (χ2v) is 8.02. The van der Waals surface area contributed by atoms with Crippen molar-refractivity contribution in [1.29, 1.82) is 0 Å². The van der Waals surface area contributed by atoms with Gasteiger partial charge in [0.25, 0.3) is 0 Å². The quantitative estimate of drug-likeness (QED) is 0.259. The molecule has 3 aromatic rings. The highest BCUT2D eigenvalue weighted by Crippen LogP contribution is 2.23. The van der Waals surface area contributed by atoms with Crippen molar-refractivity contribution >= 4 is 51.8 Å². The van der Waals surface area contributed by atoms with Gasteiger partial charge in [0.15, 0.2) is 5.17 Å². The summed E-state index contributed by atoms with van der Waals surface area (Å²) < 4.78 is 5.54. The number of carbonyl (C=O) groups excluding carboxylic acids is 2. The van der Waals surface area contributed by atoms with Crippen molar-refractivity contribution in [3.63, 3.8) is 0 Å². The summed E-state index contributed by atoms with van der Waals surface area (Å²) in [5.74, 6) is -1.58. The number of rotatable bonds is 6. The second kappa shape index (κ2) is 9.44. The zero-order valence-corrected chi connectivity index (χ0v) is 17.4. The number of hydrogen-bond acceptors (Lipinski definition) is 7. The van der Waals surface area contributed by atoms with Gasteiger partial charge in [-0.25, -0.2) is 4.79 Å². The molecular weight excluding hydrogens is 430 g/mol. The molecule has 1 aliphatic rings. The summed E-state index contributed by atoms with van der Waals surface area (Å²) in [7, 11) is 0. The van der Waals surface area contributed by atoms with Gasteiger partial charge in [0.1, 0.15) is 11.0 Å². The summed E-state index contributed by atoms with van der Waals surface area (Å²) in [5, 5.41) is 20.4. The fourth-order valence-electron chi connectivity index (χ4n) is 3.12. The van der Waals surface area contributed by atoms with Gasteiger partial charge in [-0.1, -0.05) is 60.3 Å². The number of hydrogen-bond donors (Lipinski definition) is 2. The Morgan fingerprint density at radius 3 is 2.72 bits per heavy atom. The lowest BCUT2D eigenvalue weighted by Crippen LogP contribution is -2.26. The number of carbonyl (C=O) groups is 3. The summed E-state index contributed by atoms with van der Waals surface area (Å²) in [5.41, 5.74) is 1.10. The molecule has 1 fully saturated rings. The van der Waals surface area contributed by atoms with Crippen molar-refractivity contribution in [2.45, 2.75) is 11.7 Å². The van der Waals surface area contributed by atoms with E-state index >= 15 is 0 Å². The highest BCUT2D eigenvalue weighted by Gasteiger charge is 2.32. The van der Waals surface area contributed by atoms with Gasteiger partial charge >= 0.3 is 11.9 Å². The van der Waals surface area contributed by atoms with Gasteiger partial charge < -0.3 is 15.2 Å². The standard InChI is InChI=1S/C23H17N3O5S/c27-20(28)12-19-21(29)25-23(32-19)26-24-13-14-5-3-8-16(11-14)31-22(30)18-10-4-7-15-6-1-2-9-17(15)18/h1-11,13,19H,12H2,(H,27,28)(H,25,26,29)/b24-13+. The normalized spacial score (nSPS) is 17.1. The summed E-state index contributed by atoms with van der Waals surface area (Å²) in [6.45, 7) is 0. The van der Waals surface area contributed by atoms with Crippen LogP contribution in [0.4, 0.5) is 0 Å². The van der Waals surface area contributed by atoms with Gasteiger partial charge in [0.2, 0.25) is 5.91 Å². The van der Waals surface area contributed by atoms with Gasteiger partial charge in [-0.2, -0.15) is 5.10 Å². The van der Waals surface area contributed by atoms with E-state index in [1.165, 1.54) is 6.21 Å². The van der Waals surface area contributed by atoms with Crippen LogP contribution < -0.4 is 10.1 Å². The van der Waals surface area contributed by atoms with Crippen LogP contribution >= 0.6 is 11.8 Å². The number of carboxylic acids is 1. The molecule has 2 N–H and O–H groups in total. The number of esters is 1. The van der Waals surface area contributed by atoms with E-state index in [9.17, 15) is 14.4 Å². The zero-order valence-electron chi connectivity index (χ0n) is 16.6. The van der Waals surface area contributed by atoms with E-state index in [1.807, 2.05) is 36.4 Å². The van der Waals surface area contributed by atoms with Gasteiger partial charge in [-0.05, 0) is 34.5 Å². The zero-order chi connectivity index (χ0) is 22.5. The lowest BCUT2D eigenvalue weighted by Gasteiger charge is -2.07. The van der Waals surface area contributed by atoms with E-state index in [2.05, 4.69) is 15.5 Å². The van der Waals surface area contributed by atoms with Gasteiger partial charge in [0, 0.05) is 0 Å². The number of carboxylic acid groups (broad SMARTS) is 1. The van der Waals surface area contributed by atoms with Crippen LogP contribution in [0, 0.1) is 0 Å². The molecule has 0 aromatic heterocycles. The van der Waals surface area contributed by atoms with Gasteiger partial charge in [-0.15, -0.1) is 5.10 Å². The average molecular weight is 447 g/mol. The first-order valence-electron chi connectivity index (χ1n) is 9.60. The largest absolute Gasteiger partial charge is 0.481 e. The summed E-state index contributed by atoms with van der Waals surface area (Å²) >= 11 is 1.02. The van der Waals surface area contributed by atoms with Crippen LogP contribution in [0.2, 0.25) is 0 Å². The number of fused-ring (bicyclic) bond motifs is 1. The second-order valence-electron chi connectivity index (χ2n) is 6.83. The van der Waals surface area contributed by atoms with Crippen molar-refractivity contribution in [1.82, 2.24) is 5.32 Å². The van der Waals surface area contributed by atoms with Crippen LogP contribution in [-0.4, -0.2) is 39.6 Å². The number of aliphatic carboxylic acids is 1. The maximum absolute atomic E-state index is 12.7. The highest BCUT2D eigenvalue weighted by atomic mass is 32.2. The molecule has 1 atom stereocenters. The molecule has 0 bridgehead atoms. The molecule has 1 heterocycles. The number of thioether (sulfide) groups is 1. The van der Waals surface area contributed by atoms with Gasteiger partial charge in [-0.3, -0.25) is 9.59 Å². The lowest BCUT2D eigenvalue weighted by atomic mass is 10.0. The van der Waals surface area contributed by atoms with E-state index in [1.54, 1.807) is 30.3 Å². The molecule has 1 aliphatic heterocycles. The predicted molar refractivity (Wildman–Crippen MR) is 122 cm³/mol. The van der Waals surface area contributed by atoms with E-state index in [-0.39, 0.29) is 11.6 Å². The van der Waals surface area contributed by atoms with Gasteiger partial charge in [0.05, 0.1) is 18.2 Å². The third-order valence-electron chi connectivity index (χ3n) is 4.57. The monoisotopic (exact) mass is 447 g/mol. The topological polar surface area (TPSA) is 117 Å². The Balaban J connectivity index is 1.44. The molecule has 9 heteroatoms. The van der Waals surface area contributed by atoms with Crippen LogP contribution in [0.3, 0.4) is 0 Å². The number of benzene rings is 3. The molecule has 160 valence electrons. The Morgan fingerprint density at radius 2 is 1.88 bits per heavy atom. The molecular formula is C23H17N3O5S. The molecule has 32 heavy (non-hydrogen) atoms. The van der Waals surface area contributed by atoms with Crippen molar-refractivity contribution in [2.24, 2.45) is 10.2 Å². The minimum Gasteiger partial charge on any atom is -0.481 e. The van der Waals surface area contributed by atoms with E-state index < -0.39 is 23.1 Å². The molecule has 0 saturated carbocycles. The third-order valence-corrected chi connectivity index (χ3v) is 5.64. The molecule has 3 aromatic carbocycles. The lowest BCUT2D eigenvalue weighted by molar-refractivity contribution is -0.138. The minimum atomic E-state index is -1.06. The molecule has 0 aliphatic carbocycles. The predicted octanol–water partition coefficient (Wildman–Crippen LogP) is 3.46. The Bertz CT molecular complexity index is 1270.